The van der Waals surface area contributed by atoms with Crippen LogP contribution in [0.25, 0.3) is 0 Å². The fraction of sp³-hybridized carbons (Fsp3) is 0.583. The third kappa shape index (κ3) is 4.16. The molecule has 1 heterocycles. The molecule has 0 aliphatic carbocycles. The van der Waals surface area contributed by atoms with Gasteiger partial charge in [-0.2, -0.15) is 5.26 Å². The maximum absolute atomic E-state index is 11.7. The average molecular weight is 251 g/mol. The van der Waals surface area contributed by atoms with E-state index in [4.69, 9.17) is 5.26 Å². The van der Waals surface area contributed by atoms with Gasteiger partial charge in [-0.1, -0.05) is 20.3 Å². The standard InChI is InChI=1S/C12H17N3OS/c1-3-5-9(6-13)12(16)15-8-11-14-7-10(4-2)17-11/h7,9H,3-5,8H2,1-2H3,(H,15,16). The molecule has 0 spiro atoms. The number of thiazole rings is 1. The highest BCUT2D eigenvalue weighted by molar-refractivity contribution is 7.11. The first-order valence-electron chi connectivity index (χ1n) is 5.82. The molecule has 1 unspecified atom stereocenters. The van der Waals surface area contributed by atoms with E-state index < -0.39 is 5.92 Å². The van der Waals surface area contributed by atoms with Crippen LogP contribution in [0.2, 0.25) is 0 Å². The number of aryl methyl sites for hydroxylation is 1. The second-order valence-corrected chi connectivity index (χ2v) is 4.96. The molecule has 1 aromatic heterocycles. The Morgan fingerprint density at radius 2 is 2.41 bits per heavy atom. The Morgan fingerprint density at radius 1 is 1.65 bits per heavy atom. The lowest BCUT2D eigenvalue weighted by Gasteiger charge is -2.07. The van der Waals surface area contributed by atoms with Crippen molar-refractivity contribution in [2.24, 2.45) is 5.92 Å². The fourth-order valence-electron chi connectivity index (χ4n) is 1.42. The van der Waals surface area contributed by atoms with Crippen LogP contribution in [0.1, 0.15) is 36.6 Å². The lowest BCUT2D eigenvalue weighted by molar-refractivity contribution is -0.123. The van der Waals surface area contributed by atoms with E-state index in [0.29, 0.717) is 13.0 Å². The van der Waals surface area contributed by atoms with Gasteiger partial charge in [0.2, 0.25) is 5.91 Å². The molecule has 1 atom stereocenters. The first-order chi connectivity index (χ1) is 8.21. The number of hydrogen-bond acceptors (Lipinski definition) is 4. The SMILES string of the molecule is CCCC(C#N)C(=O)NCc1ncc(CC)s1. The molecule has 1 amide bonds. The lowest BCUT2D eigenvalue weighted by atomic mass is 10.1. The first-order valence-corrected chi connectivity index (χ1v) is 6.63. The van der Waals surface area contributed by atoms with Gasteiger partial charge in [0.1, 0.15) is 10.9 Å². The first kappa shape index (κ1) is 13.7. The van der Waals surface area contributed by atoms with Crippen LogP contribution in [0.4, 0.5) is 0 Å². The van der Waals surface area contributed by atoms with Crippen molar-refractivity contribution in [3.8, 4) is 6.07 Å². The van der Waals surface area contributed by atoms with Crippen molar-refractivity contribution in [3.63, 3.8) is 0 Å². The van der Waals surface area contributed by atoms with Gasteiger partial charge in [0.15, 0.2) is 0 Å². The molecule has 5 heteroatoms. The van der Waals surface area contributed by atoms with Gasteiger partial charge in [0.25, 0.3) is 0 Å². The summed E-state index contributed by atoms with van der Waals surface area (Å²) in [7, 11) is 0. The van der Waals surface area contributed by atoms with Crippen molar-refractivity contribution < 1.29 is 4.79 Å². The van der Waals surface area contributed by atoms with Gasteiger partial charge in [-0.3, -0.25) is 4.79 Å². The molecule has 4 nitrogen and oxygen atoms in total. The molecular formula is C12H17N3OS. The van der Waals surface area contributed by atoms with E-state index in [1.807, 2.05) is 19.2 Å². The zero-order chi connectivity index (χ0) is 12.7. The van der Waals surface area contributed by atoms with E-state index in [-0.39, 0.29) is 5.91 Å². The minimum absolute atomic E-state index is 0.192. The topological polar surface area (TPSA) is 65.8 Å². The quantitative estimate of drug-likeness (QED) is 0.843. The van der Waals surface area contributed by atoms with E-state index in [9.17, 15) is 4.79 Å². The third-order valence-corrected chi connectivity index (χ3v) is 3.56. The van der Waals surface area contributed by atoms with E-state index in [1.165, 1.54) is 4.88 Å². The fourth-order valence-corrected chi connectivity index (χ4v) is 2.22. The Labute approximate surface area is 106 Å². The van der Waals surface area contributed by atoms with Crippen molar-refractivity contribution >= 4 is 17.2 Å². The van der Waals surface area contributed by atoms with Crippen LogP contribution in [-0.4, -0.2) is 10.9 Å². The Balaban J connectivity index is 2.44. The second kappa shape index (κ2) is 7.02. The summed E-state index contributed by atoms with van der Waals surface area (Å²) < 4.78 is 0. The summed E-state index contributed by atoms with van der Waals surface area (Å²) in [5, 5.41) is 12.5. The van der Waals surface area contributed by atoms with Crippen LogP contribution in [0, 0.1) is 17.2 Å². The molecular weight excluding hydrogens is 234 g/mol. The van der Waals surface area contributed by atoms with Crippen LogP contribution < -0.4 is 5.32 Å². The van der Waals surface area contributed by atoms with Crippen molar-refractivity contribution in [3.05, 3.63) is 16.1 Å². The number of amides is 1. The lowest BCUT2D eigenvalue weighted by Crippen LogP contribution is -2.29. The van der Waals surface area contributed by atoms with Crippen LogP contribution in [0.3, 0.4) is 0 Å². The van der Waals surface area contributed by atoms with Gasteiger partial charge >= 0.3 is 0 Å². The molecule has 1 rings (SSSR count). The van der Waals surface area contributed by atoms with Crippen LogP contribution in [0.15, 0.2) is 6.20 Å². The summed E-state index contributed by atoms with van der Waals surface area (Å²) in [4.78, 5) is 17.1. The van der Waals surface area contributed by atoms with Gasteiger partial charge in [0.05, 0.1) is 12.6 Å². The van der Waals surface area contributed by atoms with Crippen molar-refractivity contribution in [2.75, 3.05) is 0 Å². The summed E-state index contributed by atoms with van der Waals surface area (Å²) >= 11 is 1.60. The zero-order valence-corrected chi connectivity index (χ0v) is 11.0. The summed E-state index contributed by atoms with van der Waals surface area (Å²) in [6.45, 7) is 4.46. The van der Waals surface area contributed by atoms with Crippen molar-refractivity contribution in [1.29, 1.82) is 5.26 Å². The predicted molar refractivity (Wildman–Crippen MR) is 67.3 cm³/mol. The monoisotopic (exact) mass is 251 g/mol. The van der Waals surface area contributed by atoms with Gasteiger partial charge in [-0.05, 0) is 12.8 Å². The molecule has 0 aliphatic rings. The largest absolute Gasteiger partial charge is 0.348 e. The zero-order valence-electron chi connectivity index (χ0n) is 10.2. The Hall–Kier alpha value is -1.41. The molecule has 0 aliphatic heterocycles. The molecule has 0 bridgehead atoms. The van der Waals surface area contributed by atoms with E-state index in [1.54, 1.807) is 11.3 Å². The van der Waals surface area contributed by atoms with E-state index in [0.717, 1.165) is 17.8 Å². The maximum atomic E-state index is 11.7. The predicted octanol–water partition coefficient (Wildman–Crippen LogP) is 2.26. The summed E-state index contributed by atoms with van der Waals surface area (Å²) in [5.41, 5.74) is 0. The smallest absolute Gasteiger partial charge is 0.237 e. The average Bonchev–Trinajstić information content (AvgIpc) is 2.81. The van der Waals surface area contributed by atoms with Gasteiger partial charge < -0.3 is 5.32 Å². The normalized spacial score (nSPS) is 11.8. The number of carbonyl (C=O) groups excluding carboxylic acids is 1. The van der Waals surface area contributed by atoms with E-state index in [2.05, 4.69) is 17.2 Å². The number of rotatable bonds is 6. The summed E-state index contributed by atoms with van der Waals surface area (Å²) in [6, 6.07) is 2.03. The van der Waals surface area contributed by atoms with Crippen molar-refractivity contribution in [2.45, 2.75) is 39.7 Å². The minimum Gasteiger partial charge on any atom is -0.348 e. The number of hydrogen-bond donors (Lipinski definition) is 1. The minimum atomic E-state index is -0.536. The highest BCUT2D eigenvalue weighted by atomic mass is 32.1. The highest BCUT2D eigenvalue weighted by Crippen LogP contribution is 2.13. The van der Waals surface area contributed by atoms with Crippen LogP contribution in [0.5, 0.6) is 0 Å². The Morgan fingerprint density at radius 3 is 2.94 bits per heavy atom. The number of nitriles is 1. The number of aromatic nitrogens is 1. The third-order valence-electron chi connectivity index (χ3n) is 2.41. The maximum Gasteiger partial charge on any atom is 0.237 e. The molecule has 1 aromatic rings. The molecule has 92 valence electrons. The van der Waals surface area contributed by atoms with Gasteiger partial charge in [-0.25, -0.2) is 4.98 Å². The summed E-state index contributed by atoms with van der Waals surface area (Å²) in [6.07, 6.45) is 4.24. The van der Waals surface area contributed by atoms with Crippen LogP contribution in [-0.2, 0) is 17.8 Å². The molecule has 0 radical (unpaired) electrons. The highest BCUT2D eigenvalue weighted by Gasteiger charge is 2.16. The molecule has 1 N–H and O–H groups in total. The van der Waals surface area contributed by atoms with Crippen molar-refractivity contribution in [1.82, 2.24) is 10.3 Å². The molecule has 0 fully saturated rings. The number of nitrogens with zero attached hydrogens (tertiary/aromatic N) is 2. The Kier molecular flexibility index (Phi) is 5.64. The number of carbonyl (C=O) groups is 1. The second-order valence-electron chi connectivity index (χ2n) is 3.76. The Bertz CT molecular complexity index is 408. The summed E-state index contributed by atoms with van der Waals surface area (Å²) in [5.74, 6) is -0.729. The van der Waals surface area contributed by atoms with Crippen LogP contribution >= 0.6 is 11.3 Å². The van der Waals surface area contributed by atoms with E-state index >= 15 is 0 Å². The molecule has 0 saturated carbocycles. The number of nitrogens with one attached hydrogen (secondary N) is 1. The molecule has 0 saturated heterocycles. The molecule has 0 aromatic carbocycles. The van der Waals surface area contributed by atoms with Gasteiger partial charge in [0, 0.05) is 11.1 Å². The van der Waals surface area contributed by atoms with Gasteiger partial charge in [-0.15, -0.1) is 11.3 Å². The molecule has 17 heavy (non-hydrogen) atoms.